The summed E-state index contributed by atoms with van der Waals surface area (Å²) in [6.07, 6.45) is 0. The second-order valence-electron chi connectivity index (χ2n) is 6.46. The molecule has 0 bridgehead atoms. The van der Waals surface area contributed by atoms with E-state index in [1.165, 1.54) is 21.3 Å². The van der Waals surface area contributed by atoms with Gasteiger partial charge in [-0.15, -0.1) is 0 Å². The van der Waals surface area contributed by atoms with Gasteiger partial charge in [0.05, 0.1) is 38.5 Å². The third-order valence-electron chi connectivity index (χ3n) is 4.50. The van der Waals surface area contributed by atoms with Crippen LogP contribution in [0.15, 0.2) is 60.7 Å². The number of hydrogen-bond donors (Lipinski definition) is 1. The van der Waals surface area contributed by atoms with Crippen LogP contribution < -0.4 is 24.3 Å². The molecule has 0 saturated carbocycles. The molecule has 0 atom stereocenters. The lowest BCUT2D eigenvalue weighted by atomic mass is 10.1. The number of anilines is 1. The summed E-state index contributed by atoms with van der Waals surface area (Å²) >= 11 is 0. The fourth-order valence-corrected chi connectivity index (χ4v) is 3.04. The Kier molecular flexibility index (Phi) is 6.97. The molecule has 7 heteroatoms. The molecule has 3 aromatic carbocycles. The summed E-state index contributed by atoms with van der Waals surface area (Å²) in [5, 5.41) is 11.8. The number of amides is 1. The fourth-order valence-electron chi connectivity index (χ4n) is 3.04. The zero-order valence-corrected chi connectivity index (χ0v) is 17.5. The molecule has 0 aliphatic heterocycles. The normalized spacial score (nSPS) is 10.0. The molecule has 0 spiro atoms. The summed E-state index contributed by atoms with van der Waals surface area (Å²) in [4.78, 5) is 12.9. The van der Waals surface area contributed by atoms with Crippen LogP contribution in [0.5, 0.6) is 23.0 Å². The maximum Gasteiger partial charge on any atom is 0.259 e. The van der Waals surface area contributed by atoms with Crippen molar-refractivity contribution in [2.75, 3.05) is 26.6 Å². The second-order valence-corrected chi connectivity index (χ2v) is 6.46. The topological polar surface area (TPSA) is 89.8 Å². The molecule has 0 radical (unpaired) electrons. The number of carbonyl (C=O) groups excluding carboxylic acids is 1. The van der Waals surface area contributed by atoms with Gasteiger partial charge in [-0.05, 0) is 42.0 Å². The van der Waals surface area contributed by atoms with Crippen LogP contribution in [0, 0.1) is 11.3 Å². The molecule has 0 aliphatic carbocycles. The first-order valence-corrected chi connectivity index (χ1v) is 9.41. The van der Waals surface area contributed by atoms with Crippen LogP contribution in [0.1, 0.15) is 21.5 Å². The highest BCUT2D eigenvalue weighted by Gasteiger charge is 2.20. The van der Waals surface area contributed by atoms with Gasteiger partial charge in [-0.3, -0.25) is 4.79 Å². The van der Waals surface area contributed by atoms with Gasteiger partial charge in [0.15, 0.2) is 11.5 Å². The van der Waals surface area contributed by atoms with Crippen LogP contribution in [0.25, 0.3) is 0 Å². The standard InChI is InChI=1S/C24H22N2O5/c1-28-21-11-10-20(22(29-2)23(21)30-3)24(27)26-18-8-5-9-19(13-18)31-15-17-7-4-6-16(12-17)14-25/h4-13H,15H2,1-3H3,(H,26,27). The monoisotopic (exact) mass is 418 g/mol. The zero-order valence-electron chi connectivity index (χ0n) is 17.5. The Morgan fingerprint density at radius 1 is 0.935 bits per heavy atom. The number of nitriles is 1. The van der Waals surface area contributed by atoms with E-state index in [0.717, 1.165) is 5.56 Å². The predicted octanol–water partition coefficient (Wildman–Crippen LogP) is 4.42. The van der Waals surface area contributed by atoms with Crippen molar-refractivity contribution in [3.63, 3.8) is 0 Å². The Labute approximate surface area is 180 Å². The highest BCUT2D eigenvalue weighted by molar-refractivity contribution is 6.07. The van der Waals surface area contributed by atoms with Crippen LogP contribution in [0.3, 0.4) is 0 Å². The minimum atomic E-state index is -0.364. The predicted molar refractivity (Wildman–Crippen MR) is 116 cm³/mol. The summed E-state index contributed by atoms with van der Waals surface area (Å²) in [5.41, 5.74) is 2.32. The zero-order chi connectivity index (χ0) is 22.2. The third-order valence-corrected chi connectivity index (χ3v) is 4.50. The first-order valence-electron chi connectivity index (χ1n) is 9.41. The molecule has 7 nitrogen and oxygen atoms in total. The first-order chi connectivity index (χ1) is 15.1. The summed E-state index contributed by atoms with van der Waals surface area (Å²) < 4.78 is 21.8. The van der Waals surface area contributed by atoms with Gasteiger partial charge in [0.2, 0.25) is 5.75 Å². The first kappa shape index (κ1) is 21.5. The van der Waals surface area contributed by atoms with Crippen molar-refractivity contribution in [3.05, 3.63) is 77.4 Å². The average molecular weight is 418 g/mol. The third kappa shape index (κ3) is 5.06. The van der Waals surface area contributed by atoms with Crippen molar-refractivity contribution in [2.24, 2.45) is 0 Å². The van der Waals surface area contributed by atoms with E-state index < -0.39 is 0 Å². The molecule has 0 saturated heterocycles. The highest BCUT2D eigenvalue weighted by atomic mass is 16.5. The summed E-state index contributed by atoms with van der Waals surface area (Å²) in [6, 6.07) is 19.6. The molecule has 1 N–H and O–H groups in total. The van der Waals surface area contributed by atoms with Crippen molar-refractivity contribution < 1.29 is 23.7 Å². The van der Waals surface area contributed by atoms with Crippen molar-refractivity contribution in [1.82, 2.24) is 0 Å². The van der Waals surface area contributed by atoms with Gasteiger partial charge in [-0.2, -0.15) is 5.26 Å². The van der Waals surface area contributed by atoms with Crippen LogP contribution in [-0.4, -0.2) is 27.2 Å². The van der Waals surface area contributed by atoms with E-state index in [-0.39, 0.29) is 11.7 Å². The van der Waals surface area contributed by atoms with Gasteiger partial charge < -0.3 is 24.3 Å². The number of nitrogens with zero attached hydrogens (tertiary/aromatic N) is 1. The second kappa shape index (κ2) is 10.0. The molecule has 31 heavy (non-hydrogen) atoms. The number of nitrogens with one attached hydrogen (secondary N) is 1. The Bertz CT molecular complexity index is 1120. The number of ether oxygens (including phenoxy) is 4. The molecule has 0 unspecified atom stereocenters. The van der Waals surface area contributed by atoms with Crippen LogP contribution in [-0.2, 0) is 6.61 Å². The van der Waals surface area contributed by atoms with Gasteiger partial charge in [-0.1, -0.05) is 18.2 Å². The van der Waals surface area contributed by atoms with Crippen molar-refractivity contribution in [3.8, 4) is 29.1 Å². The number of hydrogen-bond acceptors (Lipinski definition) is 6. The Balaban J connectivity index is 1.75. The largest absolute Gasteiger partial charge is 0.493 e. The molecule has 3 aromatic rings. The van der Waals surface area contributed by atoms with Gasteiger partial charge in [0, 0.05) is 11.8 Å². The molecule has 0 fully saturated rings. The van der Waals surface area contributed by atoms with Crippen molar-refractivity contribution in [1.29, 1.82) is 5.26 Å². The smallest absolute Gasteiger partial charge is 0.259 e. The fraction of sp³-hybridized carbons (Fsp3) is 0.167. The summed E-state index contributed by atoms with van der Waals surface area (Å²) in [7, 11) is 4.46. The van der Waals surface area contributed by atoms with Crippen molar-refractivity contribution in [2.45, 2.75) is 6.61 Å². The highest BCUT2D eigenvalue weighted by Crippen LogP contribution is 2.40. The Morgan fingerprint density at radius 2 is 1.71 bits per heavy atom. The Morgan fingerprint density at radius 3 is 2.42 bits per heavy atom. The summed E-state index contributed by atoms with van der Waals surface area (Å²) in [5.74, 6) is 1.31. The summed E-state index contributed by atoms with van der Waals surface area (Å²) in [6.45, 7) is 0.302. The molecule has 1 amide bonds. The maximum atomic E-state index is 12.9. The number of rotatable bonds is 8. The molecule has 0 aromatic heterocycles. The minimum absolute atomic E-state index is 0.282. The molecule has 158 valence electrons. The van der Waals surface area contributed by atoms with E-state index >= 15 is 0 Å². The van der Waals surface area contributed by atoms with Crippen LogP contribution >= 0.6 is 0 Å². The Hall–Kier alpha value is -4.18. The van der Waals surface area contributed by atoms with Crippen LogP contribution in [0.2, 0.25) is 0 Å². The lowest BCUT2D eigenvalue weighted by molar-refractivity contribution is 0.102. The van der Waals surface area contributed by atoms with Crippen LogP contribution in [0.4, 0.5) is 5.69 Å². The minimum Gasteiger partial charge on any atom is -0.493 e. The molecule has 0 heterocycles. The number of methoxy groups -OCH3 is 3. The van der Waals surface area contributed by atoms with E-state index in [2.05, 4.69) is 11.4 Å². The van der Waals surface area contributed by atoms with Gasteiger partial charge in [0.25, 0.3) is 5.91 Å². The SMILES string of the molecule is COc1ccc(C(=O)Nc2cccc(OCc3cccc(C#N)c3)c2)c(OC)c1OC. The molecule has 3 rings (SSSR count). The lowest BCUT2D eigenvalue weighted by Gasteiger charge is -2.15. The van der Waals surface area contributed by atoms with E-state index in [4.69, 9.17) is 24.2 Å². The molecular formula is C24H22N2O5. The molecular weight excluding hydrogens is 396 g/mol. The van der Waals surface area contributed by atoms with E-state index in [1.54, 1.807) is 48.5 Å². The van der Waals surface area contributed by atoms with Gasteiger partial charge >= 0.3 is 0 Å². The van der Waals surface area contributed by atoms with Gasteiger partial charge in [0.1, 0.15) is 12.4 Å². The molecule has 0 aliphatic rings. The maximum absolute atomic E-state index is 12.9. The van der Waals surface area contributed by atoms with Crippen molar-refractivity contribution >= 4 is 11.6 Å². The van der Waals surface area contributed by atoms with Gasteiger partial charge in [-0.25, -0.2) is 0 Å². The van der Waals surface area contributed by atoms with E-state index in [9.17, 15) is 4.79 Å². The average Bonchev–Trinajstić information content (AvgIpc) is 2.81. The number of benzene rings is 3. The lowest BCUT2D eigenvalue weighted by Crippen LogP contribution is -2.14. The quantitative estimate of drug-likeness (QED) is 0.583. The van der Waals surface area contributed by atoms with E-state index in [1.807, 2.05) is 12.1 Å². The number of carbonyl (C=O) groups is 1. The van der Waals surface area contributed by atoms with E-state index in [0.29, 0.717) is 40.7 Å².